The molecule has 100 valence electrons. The molecule has 2 rings (SSSR count). The maximum atomic E-state index is 6.73. The Morgan fingerprint density at radius 2 is 1.17 bits per heavy atom. The van der Waals surface area contributed by atoms with Crippen LogP contribution in [0.4, 0.5) is 11.4 Å². The van der Waals surface area contributed by atoms with E-state index in [0.717, 1.165) is 0 Å². The third-order valence-electron chi connectivity index (χ3n) is 3.27. The zero-order chi connectivity index (χ0) is 13.7. The minimum atomic E-state index is -0.137. The molecular formula is C15H23ClN2. The Morgan fingerprint density at radius 3 is 1.44 bits per heavy atom. The topological polar surface area (TPSA) is 6.48 Å². The SMILES string of the molecule is CC(C)(C)N1c2ccccc2N(C(C)(C)C)C1Cl. The number of alkyl halides is 1. The van der Waals surface area contributed by atoms with E-state index in [-0.39, 0.29) is 16.7 Å². The van der Waals surface area contributed by atoms with E-state index in [1.165, 1.54) is 11.4 Å². The van der Waals surface area contributed by atoms with Crippen molar-refractivity contribution in [2.45, 2.75) is 58.2 Å². The zero-order valence-corrected chi connectivity index (χ0v) is 12.9. The van der Waals surface area contributed by atoms with Crippen molar-refractivity contribution in [3.63, 3.8) is 0 Å². The van der Waals surface area contributed by atoms with Crippen molar-refractivity contribution < 1.29 is 0 Å². The number of rotatable bonds is 0. The Bertz CT molecular complexity index is 402. The number of para-hydroxylation sites is 2. The van der Waals surface area contributed by atoms with Gasteiger partial charge >= 0.3 is 0 Å². The Morgan fingerprint density at radius 1 is 0.833 bits per heavy atom. The van der Waals surface area contributed by atoms with E-state index in [4.69, 9.17) is 11.6 Å². The average molecular weight is 267 g/mol. The Kier molecular flexibility index (Phi) is 3.05. The number of fused-ring (bicyclic) bond motifs is 1. The van der Waals surface area contributed by atoms with Gasteiger partial charge in [-0.15, -0.1) is 0 Å². The summed E-state index contributed by atoms with van der Waals surface area (Å²) in [7, 11) is 0. The first-order chi connectivity index (χ1) is 8.14. The highest BCUT2D eigenvalue weighted by Gasteiger charge is 2.43. The van der Waals surface area contributed by atoms with Gasteiger partial charge in [-0.1, -0.05) is 23.7 Å². The van der Waals surface area contributed by atoms with Crippen molar-refractivity contribution in [1.29, 1.82) is 0 Å². The summed E-state index contributed by atoms with van der Waals surface area (Å²) in [6, 6.07) is 8.46. The summed E-state index contributed by atoms with van der Waals surface area (Å²) in [5.74, 6) is 0. The van der Waals surface area contributed by atoms with Gasteiger partial charge in [0.25, 0.3) is 0 Å². The van der Waals surface area contributed by atoms with Crippen molar-refractivity contribution in [3.8, 4) is 0 Å². The summed E-state index contributed by atoms with van der Waals surface area (Å²) in [6.07, 6.45) is 0. The van der Waals surface area contributed by atoms with Crippen LogP contribution in [0.1, 0.15) is 41.5 Å². The van der Waals surface area contributed by atoms with Gasteiger partial charge < -0.3 is 9.80 Å². The third kappa shape index (κ3) is 2.07. The maximum Gasteiger partial charge on any atom is 0.181 e. The van der Waals surface area contributed by atoms with Gasteiger partial charge in [-0.25, -0.2) is 0 Å². The predicted molar refractivity (Wildman–Crippen MR) is 80.5 cm³/mol. The lowest BCUT2D eigenvalue weighted by molar-refractivity contribution is 0.441. The monoisotopic (exact) mass is 266 g/mol. The van der Waals surface area contributed by atoms with Crippen molar-refractivity contribution in [2.75, 3.05) is 9.80 Å². The Hall–Kier alpha value is -0.890. The molecule has 0 atom stereocenters. The highest BCUT2D eigenvalue weighted by atomic mass is 35.5. The van der Waals surface area contributed by atoms with Crippen LogP contribution in [0.5, 0.6) is 0 Å². The molecule has 0 bridgehead atoms. The second-order valence-electron chi connectivity index (χ2n) is 6.88. The van der Waals surface area contributed by atoms with E-state index in [1.807, 2.05) is 0 Å². The Labute approximate surface area is 116 Å². The molecule has 0 N–H and O–H groups in total. The summed E-state index contributed by atoms with van der Waals surface area (Å²) in [5, 5.41) is 0. The molecule has 1 aliphatic heterocycles. The maximum absolute atomic E-state index is 6.73. The van der Waals surface area contributed by atoms with Crippen LogP contribution in [0.15, 0.2) is 24.3 Å². The van der Waals surface area contributed by atoms with E-state index in [0.29, 0.717) is 0 Å². The summed E-state index contributed by atoms with van der Waals surface area (Å²) in [5.41, 5.74) is 2.31. The molecule has 1 aromatic carbocycles. The lowest BCUT2D eigenvalue weighted by Gasteiger charge is -2.42. The first kappa shape index (κ1) is 13.5. The highest BCUT2D eigenvalue weighted by Crippen LogP contribution is 2.47. The molecule has 0 saturated heterocycles. The summed E-state index contributed by atoms with van der Waals surface area (Å²) >= 11 is 6.73. The molecule has 0 spiro atoms. The van der Waals surface area contributed by atoms with E-state index >= 15 is 0 Å². The third-order valence-corrected chi connectivity index (χ3v) is 3.66. The van der Waals surface area contributed by atoms with Crippen molar-refractivity contribution in [3.05, 3.63) is 24.3 Å². The number of anilines is 2. The molecule has 3 heteroatoms. The van der Waals surface area contributed by atoms with E-state index in [2.05, 4.69) is 75.6 Å². The smallest absolute Gasteiger partial charge is 0.181 e. The van der Waals surface area contributed by atoms with Crippen LogP contribution in [0, 0.1) is 0 Å². The van der Waals surface area contributed by atoms with Crippen LogP contribution in [0.25, 0.3) is 0 Å². The second-order valence-corrected chi connectivity index (χ2v) is 7.27. The molecule has 0 aromatic heterocycles. The molecule has 0 amide bonds. The van der Waals surface area contributed by atoms with E-state index < -0.39 is 0 Å². The lowest BCUT2D eigenvalue weighted by atomic mass is 10.1. The zero-order valence-electron chi connectivity index (χ0n) is 12.2. The molecule has 0 aliphatic carbocycles. The first-order valence-corrected chi connectivity index (χ1v) is 6.89. The molecule has 0 radical (unpaired) electrons. The van der Waals surface area contributed by atoms with Gasteiger partial charge in [-0.2, -0.15) is 0 Å². The van der Waals surface area contributed by atoms with Gasteiger partial charge in [-0.3, -0.25) is 0 Å². The summed E-state index contributed by atoms with van der Waals surface area (Å²) in [6.45, 7) is 13.2. The highest BCUT2D eigenvalue weighted by molar-refractivity contribution is 6.24. The molecular weight excluding hydrogens is 244 g/mol. The minimum Gasteiger partial charge on any atom is -0.332 e. The molecule has 0 fully saturated rings. The number of hydrogen-bond acceptors (Lipinski definition) is 2. The van der Waals surface area contributed by atoms with E-state index in [1.54, 1.807) is 0 Å². The van der Waals surface area contributed by atoms with Crippen LogP contribution >= 0.6 is 11.6 Å². The van der Waals surface area contributed by atoms with Crippen LogP contribution in [0.2, 0.25) is 0 Å². The molecule has 1 aliphatic rings. The number of halogens is 1. The first-order valence-electron chi connectivity index (χ1n) is 6.46. The predicted octanol–water partition coefficient (Wildman–Crippen LogP) is 4.43. The quantitative estimate of drug-likeness (QED) is 0.506. The fraction of sp³-hybridized carbons (Fsp3) is 0.600. The molecule has 0 saturated carbocycles. The van der Waals surface area contributed by atoms with Crippen LogP contribution in [-0.2, 0) is 0 Å². The minimum absolute atomic E-state index is 0.00250. The normalized spacial score (nSPS) is 17.3. The van der Waals surface area contributed by atoms with Crippen molar-refractivity contribution in [2.24, 2.45) is 0 Å². The van der Waals surface area contributed by atoms with Gasteiger partial charge in [0.05, 0.1) is 11.4 Å². The average Bonchev–Trinajstić information content (AvgIpc) is 2.47. The van der Waals surface area contributed by atoms with Crippen LogP contribution in [0.3, 0.4) is 0 Å². The van der Waals surface area contributed by atoms with Crippen LogP contribution in [-0.4, -0.2) is 16.7 Å². The molecule has 1 heterocycles. The summed E-state index contributed by atoms with van der Waals surface area (Å²) in [4.78, 5) is 4.57. The van der Waals surface area contributed by atoms with Gasteiger partial charge in [0.15, 0.2) is 5.62 Å². The lowest BCUT2D eigenvalue weighted by Crippen LogP contribution is -2.54. The van der Waals surface area contributed by atoms with Crippen molar-refractivity contribution in [1.82, 2.24) is 0 Å². The Balaban J connectivity index is 2.57. The number of benzene rings is 1. The fourth-order valence-electron chi connectivity index (χ4n) is 2.58. The fourth-order valence-corrected chi connectivity index (χ4v) is 3.37. The van der Waals surface area contributed by atoms with E-state index in [9.17, 15) is 0 Å². The van der Waals surface area contributed by atoms with Gasteiger partial charge in [0.2, 0.25) is 0 Å². The molecule has 18 heavy (non-hydrogen) atoms. The number of nitrogens with zero attached hydrogens (tertiary/aromatic N) is 2. The largest absolute Gasteiger partial charge is 0.332 e. The second kappa shape index (κ2) is 4.06. The number of hydrogen-bond donors (Lipinski definition) is 0. The van der Waals surface area contributed by atoms with Gasteiger partial charge in [-0.05, 0) is 53.7 Å². The summed E-state index contributed by atoms with van der Waals surface area (Å²) < 4.78 is 0. The van der Waals surface area contributed by atoms with Crippen molar-refractivity contribution >= 4 is 23.0 Å². The van der Waals surface area contributed by atoms with Crippen LogP contribution < -0.4 is 9.80 Å². The van der Waals surface area contributed by atoms with Gasteiger partial charge in [0.1, 0.15) is 0 Å². The molecule has 2 nitrogen and oxygen atoms in total. The molecule has 1 aromatic rings. The van der Waals surface area contributed by atoms with Gasteiger partial charge in [0, 0.05) is 11.1 Å². The standard InChI is InChI=1S/C15H23ClN2/c1-14(2,3)17-11-9-7-8-10-12(11)18(13(17)16)15(4,5)6/h7-10,13H,1-6H3. The molecule has 0 unspecified atom stereocenters.